The molecule has 9 heteroatoms. The summed E-state index contributed by atoms with van der Waals surface area (Å²) in [6, 6.07) is 17.7. The Morgan fingerprint density at radius 2 is 1.77 bits per heavy atom. The summed E-state index contributed by atoms with van der Waals surface area (Å²) in [6.07, 6.45) is -1.29. The van der Waals surface area contributed by atoms with Crippen molar-refractivity contribution in [1.82, 2.24) is 0 Å². The maximum absolute atomic E-state index is 13.0. The quantitative estimate of drug-likeness (QED) is 0.222. The van der Waals surface area contributed by atoms with E-state index in [1.165, 1.54) is 17.7 Å². The highest BCUT2D eigenvalue weighted by molar-refractivity contribution is 6.34. The van der Waals surface area contributed by atoms with E-state index in [-0.39, 0.29) is 16.4 Å². The van der Waals surface area contributed by atoms with Crippen LogP contribution in [0, 0.1) is 17.0 Å². The Labute approximate surface area is 208 Å². The molecule has 0 aliphatic rings. The molecule has 1 amide bonds. The predicted molar refractivity (Wildman–Crippen MR) is 133 cm³/mol. The van der Waals surface area contributed by atoms with Crippen LogP contribution in [-0.4, -0.2) is 23.4 Å². The first kappa shape index (κ1) is 25.7. The molecule has 0 aromatic heterocycles. The lowest BCUT2D eigenvalue weighted by Gasteiger charge is -2.19. The van der Waals surface area contributed by atoms with Crippen LogP contribution in [0.1, 0.15) is 42.6 Å². The van der Waals surface area contributed by atoms with Crippen LogP contribution in [0.5, 0.6) is 5.75 Å². The highest BCUT2D eigenvalue weighted by atomic mass is 35.5. The van der Waals surface area contributed by atoms with Crippen LogP contribution < -0.4 is 10.1 Å². The number of anilines is 1. The first-order valence-corrected chi connectivity index (χ1v) is 11.3. The number of amides is 1. The Morgan fingerprint density at radius 1 is 1.06 bits per heavy atom. The van der Waals surface area contributed by atoms with Gasteiger partial charge in [0.05, 0.1) is 15.6 Å². The monoisotopic (exact) mass is 496 g/mol. The number of hydrogen-bond acceptors (Lipinski definition) is 6. The standard InChI is InChI=1S/C26H25ClN2O6/c1-16(2)21-11-10-20(13-17(21)3)34-15-24(30)35-25(18-7-5-4-6-8-18)26(31)28-23-12-9-19(29(32)33)14-22(23)27/h4-14,16,25H,15H2,1-3H3,(H,28,31)/t25-/m0/s1. The molecule has 8 nitrogen and oxygen atoms in total. The molecule has 0 fully saturated rings. The number of aryl methyl sites for hydroxylation is 1. The number of halogens is 1. The molecule has 0 radical (unpaired) electrons. The van der Waals surface area contributed by atoms with Gasteiger partial charge >= 0.3 is 5.97 Å². The van der Waals surface area contributed by atoms with E-state index in [0.29, 0.717) is 17.2 Å². The van der Waals surface area contributed by atoms with Crippen LogP contribution in [0.15, 0.2) is 66.7 Å². The third-order valence-electron chi connectivity index (χ3n) is 5.23. The molecule has 0 saturated heterocycles. The number of ether oxygens (including phenoxy) is 2. The molecule has 3 rings (SSSR count). The topological polar surface area (TPSA) is 108 Å². The molecule has 0 saturated carbocycles. The Kier molecular flexibility index (Phi) is 8.43. The third-order valence-corrected chi connectivity index (χ3v) is 5.54. The number of esters is 1. The molecule has 1 N–H and O–H groups in total. The lowest BCUT2D eigenvalue weighted by Crippen LogP contribution is -2.28. The fraction of sp³-hybridized carbons (Fsp3) is 0.231. The van der Waals surface area contributed by atoms with Crippen molar-refractivity contribution in [1.29, 1.82) is 0 Å². The first-order chi connectivity index (χ1) is 16.7. The Hall–Kier alpha value is -3.91. The maximum atomic E-state index is 13.0. The van der Waals surface area contributed by atoms with Crippen molar-refractivity contribution in [3.63, 3.8) is 0 Å². The van der Waals surface area contributed by atoms with Crippen molar-refractivity contribution in [2.24, 2.45) is 0 Å². The minimum Gasteiger partial charge on any atom is -0.482 e. The fourth-order valence-corrected chi connectivity index (χ4v) is 3.73. The number of nitrogens with one attached hydrogen (secondary N) is 1. The Morgan fingerprint density at radius 3 is 2.37 bits per heavy atom. The molecular formula is C26H25ClN2O6. The Balaban J connectivity index is 1.72. The summed E-state index contributed by atoms with van der Waals surface area (Å²) < 4.78 is 11.0. The van der Waals surface area contributed by atoms with Gasteiger partial charge in [-0.25, -0.2) is 4.79 Å². The number of hydrogen-bond donors (Lipinski definition) is 1. The summed E-state index contributed by atoms with van der Waals surface area (Å²) in [5.41, 5.74) is 2.61. The molecule has 0 aliphatic carbocycles. The molecule has 3 aromatic carbocycles. The van der Waals surface area contributed by atoms with E-state index in [1.54, 1.807) is 36.4 Å². The number of non-ortho nitro benzene ring substituents is 1. The second-order valence-electron chi connectivity index (χ2n) is 8.15. The summed E-state index contributed by atoms with van der Waals surface area (Å²) in [7, 11) is 0. The number of benzene rings is 3. The van der Waals surface area contributed by atoms with Gasteiger partial charge in [-0.3, -0.25) is 14.9 Å². The molecule has 0 aliphatic heterocycles. The van der Waals surface area contributed by atoms with Crippen molar-refractivity contribution in [3.05, 3.63) is 98.6 Å². The highest BCUT2D eigenvalue weighted by Gasteiger charge is 2.26. The second kappa shape index (κ2) is 11.5. The van der Waals surface area contributed by atoms with E-state index in [0.717, 1.165) is 11.6 Å². The number of nitro benzene ring substituents is 1. The van der Waals surface area contributed by atoms with E-state index in [4.69, 9.17) is 21.1 Å². The highest BCUT2D eigenvalue weighted by Crippen LogP contribution is 2.29. The van der Waals surface area contributed by atoms with Gasteiger partial charge in [-0.2, -0.15) is 0 Å². The number of carbonyl (C=O) groups excluding carboxylic acids is 2. The summed E-state index contributed by atoms with van der Waals surface area (Å²) in [5.74, 6) is -0.530. The minimum absolute atomic E-state index is 0.0192. The van der Waals surface area contributed by atoms with Gasteiger partial charge in [-0.1, -0.05) is 61.8 Å². The Bertz CT molecular complexity index is 1230. The van der Waals surface area contributed by atoms with Crippen molar-refractivity contribution in [2.45, 2.75) is 32.8 Å². The van der Waals surface area contributed by atoms with E-state index in [1.807, 2.05) is 19.1 Å². The number of nitro groups is 1. The summed E-state index contributed by atoms with van der Waals surface area (Å²) >= 11 is 6.09. The number of carbonyl (C=O) groups is 2. The summed E-state index contributed by atoms with van der Waals surface area (Å²) in [4.78, 5) is 35.9. The molecule has 1 atom stereocenters. The van der Waals surface area contributed by atoms with Gasteiger partial charge in [0.25, 0.3) is 11.6 Å². The SMILES string of the molecule is Cc1cc(OCC(=O)O[C@H](C(=O)Nc2ccc([N+](=O)[O-])cc2Cl)c2ccccc2)ccc1C(C)C. The lowest BCUT2D eigenvalue weighted by molar-refractivity contribution is -0.384. The third kappa shape index (κ3) is 6.80. The zero-order chi connectivity index (χ0) is 25.5. The zero-order valence-corrected chi connectivity index (χ0v) is 20.2. The first-order valence-electron chi connectivity index (χ1n) is 10.9. The van der Waals surface area contributed by atoms with E-state index >= 15 is 0 Å². The van der Waals surface area contributed by atoms with Gasteiger partial charge in [0.1, 0.15) is 5.75 Å². The fourth-order valence-electron chi connectivity index (χ4n) is 3.51. The van der Waals surface area contributed by atoms with Crippen LogP contribution >= 0.6 is 11.6 Å². The predicted octanol–water partition coefficient (Wildman–Crippen LogP) is 5.98. The number of rotatable bonds is 9. The van der Waals surface area contributed by atoms with Gasteiger partial charge in [-0.05, 0) is 42.2 Å². The molecule has 182 valence electrons. The van der Waals surface area contributed by atoms with Crippen LogP contribution in [-0.2, 0) is 14.3 Å². The van der Waals surface area contributed by atoms with Crippen LogP contribution in [0.2, 0.25) is 5.02 Å². The van der Waals surface area contributed by atoms with E-state index < -0.39 is 29.5 Å². The summed E-state index contributed by atoms with van der Waals surface area (Å²) in [6.45, 7) is 5.77. The van der Waals surface area contributed by atoms with Crippen molar-refractivity contribution >= 4 is 34.9 Å². The van der Waals surface area contributed by atoms with Crippen LogP contribution in [0.4, 0.5) is 11.4 Å². The molecule has 0 unspecified atom stereocenters. The molecular weight excluding hydrogens is 472 g/mol. The molecule has 3 aromatic rings. The van der Waals surface area contributed by atoms with Crippen LogP contribution in [0.3, 0.4) is 0 Å². The van der Waals surface area contributed by atoms with Gasteiger partial charge in [0.2, 0.25) is 6.10 Å². The second-order valence-corrected chi connectivity index (χ2v) is 8.56. The number of nitrogens with zero attached hydrogens (tertiary/aromatic N) is 1. The molecule has 0 heterocycles. The zero-order valence-electron chi connectivity index (χ0n) is 19.5. The largest absolute Gasteiger partial charge is 0.482 e. The smallest absolute Gasteiger partial charge is 0.345 e. The molecule has 0 bridgehead atoms. The van der Waals surface area contributed by atoms with Gasteiger partial charge in [0, 0.05) is 17.7 Å². The van der Waals surface area contributed by atoms with Crippen molar-refractivity contribution in [2.75, 3.05) is 11.9 Å². The van der Waals surface area contributed by atoms with Crippen molar-refractivity contribution < 1.29 is 24.0 Å². The summed E-state index contributed by atoms with van der Waals surface area (Å²) in [5, 5.41) is 13.5. The lowest BCUT2D eigenvalue weighted by atomic mass is 9.98. The van der Waals surface area contributed by atoms with Crippen molar-refractivity contribution in [3.8, 4) is 5.75 Å². The normalized spacial score (nSPS) is 11.6. The van der Waals surface area contributed by atoms with E-state index in [2.05, 4.69) is 19.2 Å². The molecule has 35 heavy (non-hydrogen) atoms. The maximum Gasteiger partial charge on any atom is 0.345 e. The average molecular weight is 497 g/mol. The average Bonchev–Trinajstić information content (AvgIpc) is 2.82. The molecule has 0 spiro atoms. The van der Waals surface area contributed by atoms with E-state index in [9.17, 15) is 19.7 Å². The van der Waals surface area contributed by atoms with Gasteiger partial charge in [-0.15, -0.1) is 0 Å². The minimum atomic E-state index is -1.29. The van der Waals surface area contributed by atoms with Gasteiger partial charge in [0.15, 0.2) is 6.61 Å². The van der Waals surface area contributed by atoms with Crippen LogP contribution in [0.25, 0.3) is 0 Å². The van der Waals surface area contributed by atoms with Gasteiger partial charge < -0.3 is 14.8 Å².